The molecule has 1 saturated heterocycles. The summed E-state index contributed by atoms with van der Waals surface area (Å²) in [7, 11) is 1.15. The largest absolute Gasteiger partial charge is 0.467 e. The van der Waals surface area contributed by atoms with Gasteiger partial charge >= 0.3 is 12.1 Å². The Morgan fingerprint density at radius 3 is 2.48 bits per heavy atom. The Hall–Kier alpha value is -1.70. The molecule has 2 unspecified atom stereocenters. The number of hydrogen-bond donors (Lipinski definition) is 0. The lowest BCUT2D eigenvalue weighted by molar-refractivity contribution is -0.149. The Morgan fingerprint density at radius 1 is 1.38 bits per heavy atom. The highest BCUT2D eigenvalue weighted by Gasteiger charge is 2.49. The van der Waals surface area contributed by atoms with Gasteiger partial charge < -0.3 is 14.2 Å². The second kappa shape index (κ2) is 6.84. The number of amides is 2. The number of halogens is 1. The maximum Gasteiger partial charge on any atom is 0.417 e. The third kappa shape index (κ3) is 4.38. The van der Waals surface area contributed by atoms with Gasteiger partial charge in [0.25, 0.3) is 5.91 Å². The van der Waals surface area contributed by atoms with Crippen LogP contribution in [0.15, 0.2) is 0 Å². The summed E-state index contributed by atoms with van der Waals surface area (Å²) in [4.78, 5) is 36.6. The van der Waals surface area contributed by atoms with Gasteiger partial charge in [0.05, 0.1) is 13.7 Å². The van der Waals surface area contributed by atoms with Crippen LogP contribution in [0.3, 0.4) is 0 Å². The molecule has 8 heteroatoms. The summed E-state index contributed by atoms with van der Waals surface area (Å²) in [5, 5.41) is 0. The van der Waals surface area contributed by atoms with Crippen molar-refractivity contribution < 1.29 is 33.0 Å². The average molecular weight is 304 g/mol. The van der Waals surface area contributed by atoms with Crippen molar-refractivity contribution in [1.29, 1.82) is 0 Å². The van der Waals surface area contributed by atoms with Crippen LogP contribution in [-0.4, -0.2) is 61.0 Å². The maximum absolute atomic E-state index is 12.1. The first-order chi connectivity index (χ1) is 9.71. The van der Waals surface area contributed by atoms with Crippen molar-refractivity contribution in [3.8, 4) is 0 Å². The molecule has 0 N–H and O–H groups in total. The zero-order chi connectivity index (χ0) is 16.2. The number of imide groups is 1. The molecule has 0 aliphatic carbocycles. The Balaban J connectivity index is 2.92. The fourth-order valence-corrected chi connectivity index (χ4v) is 1.91. The second-order valence-corrected chi connectivity index (χ2v) is 5.51. The molecular formula is C13H20FNO6. The molecule has 0 saturated carbocycles. The second-order valence-electron chi connectivity index (χ2n) is 5.51. The van der Waals surface area contributed by atoms with E-state index in [1.165, 1.54) is 0 Å². The molecule has 1 fully saturated rings. The Bertz CT molecular complexity index is 419. The quantitative estimate of drug-likeness (QED) is 0.722. The lowest BCUT2D eigenvalue weighted by Crippen LogP contribution is -2.46. The molecule has 2 amide bonds. The van der Waals surface area contributed by atoms with Gasteiger partial charge in [0.15, 0.2) is 0 Å². The van der Waals surface area contributed by atoms with E-state index in [1.807, 2.05) is 0 Å². The molecule has 1 aliphatic heterocycles. The van der Waals surface area contributed by atoms with E-state index in [2.05, 4.69) is 4.74 Å². The minimum atomic E-state index is -1.12. The fourth-order valence-electron chi connectivity index (χ4n) is 1.91. The normalized spacial score (nSPS) is 22.3. The highest BCUT2D eigenvalue weighted by molar-refractivity contribution is 6.01. The average Bonchev–Trinajstić information content (AvgIpc) is 2.70. The van der Waals surface area contributed by atoms with Crippen molar-refractivity contribution in [2.24, 2.45) is 0 Å². The number of carbonyl (C=O) groups excluding carboxylic acids is 3. The number of hydrogen-bond acceptors (Lipinski definition) is 6. The zero-order valence-electron chi connectivity index (χ0n) is 12.6. The maximum atomic E-state index is 12.1. The first kappa shape index (κ1) is 17.4. The Morgan fingerprint density at radius 2 is 2.00 bits per heavy atom. The van der Waals surface area contributed by atoms with E-state index in [1.54, 1.807) is 20.8 Å². The standard InChI is InChI=1S/C13H20FNO6/c1-13(2,3)21-12(18)15-8(11(17)19-4)7-9(10(15)16)20-6-5-14/h8-9H,5-7H2,1-4H3/i14-1. The molecule has 7 nitrogen and oxygen atoms in total. The van der Waals surface area contributed by atoms with Gasteiger partial charge in [-0.05, 0) is 20.8 Å². The van der Waals surface area contributed by atoms with Crippen LogP contribution in [0, 0.1) is 0 Å². The van der Waals surface area contributed by atoms with Crippen LogP contribution in [0.25, 0.3) is 0 Å². The number of methoxy groups -OCH3 is 1. The van der Waals surface area contributed by atoms with E-state index in [0.29, 0.717) is 4.90 Å². The minimum Gasteiger partial charge on any atom is -0.467 e. The number of nitrogens with zero attached hydrogens (tertiary/aromatic N) is 1. The van der Waals surface area contributed by atoms with E-state index in [0.717, 1.165) is 7.11 Å². The summed E-state index contributed by atoms with van der Waals surface area (Å²) in [5.74, 6) is -1.48. The van der Waals surface area contributed by atoms with Crippen molar-refractivity contribution in [1.82, 2.24) is 4.90 Å². The molecule has 0 radical (unpaired) electrons. The van der Waals surface area contributed by atoms with Gasteiger partial charge in [0.1, 0.15) is 24.4 Å². The molecule has 1 rings (SSSR count). The topological polar surface area (TPSA) is 82.1 Å². The molecule has 0 bridgehead atoms. The first-order valence-electron chi connectivity index (χ1n) is 6.52. The van der Waals surface area contributed by atoms with Gasteiger partial charge in [-0.15, -0.1) is 0 Å². The smallest absolute Gasteiger partial charge is 0.417 e. The molecule has 120 valence electrons. The van der Waals surface area contributed by atoms with Crippen LogP contribution in [-0.2, 0) is 23.8 Å². The lowest BCUT2D eigenvalue weighted by Gasteiger charge is -2.26. The predicted octanol–water partition coefficient (Wildman–Crippen LogP) is 1.05. The van der Waals surface area contributed by atoms with Crippen LogP contribution in [0.4, 0.5) is 9.18 Å². The Labute approximate surface area is 122 Å². The van der Waals surface area contributed by atoms with Gasteiger partial charge in [-0.2, -0.15) is 0 Å². The van der Waals surface area contributed by atoms with E-state index in [4.69, 9.17) is 9.47 Å². The molecule has 2 atom stereocenters. The van der Waals surface area contributed by atoms with Crippen LogP contribution < -0.4 is 0 Å². The SMILES string of the molecule is COC(=O)C1CC(OCC[18F])C(=O)N1C(=O)OC(C)(C)C. The van der Waals surface area contributed by atoms with Gasteiger partial charge in [-0.25, -0.2) is 18.9 Å². The number of alkyl halides is 1. The molecular weight excluding hydrogens is 284 g/mol. The molecule has 0 aromatic rings. The highest BCUT2D eigenvalue weighted by Crippen LogP contribution is 2.25. The summed E-state index contributed by atoms with van der Waals surface area (Å²) in [6.45, 7) is 3.85. The van der Waals surface area contributed by atoms with E-state index < -0.39 is 42.4 Å². The van der Waals surface area contributed by atoms with Crippen LogP contribution >= 0.6 is 0 Å². The van der Waals surface area contributed by atoms with Crippen LogP contribution in [0.5, 0.6) is 0 Å². The van der Waals surface area contributed by atoms with E-state index in [-0.39, 0.29) is 13.0 Å². The minimum absolute atomic E-state index is 0.0786. The Kier molecular flexibility index (Phi) is 5.65. The monoisotopic (exact) mass is 304 g/mol. The predicted molar refractivity (Wildman–Crippen MR) is 69.2 cm³/mol. The highest BCUT2D eigenvalue weighted by atomic mass is 18.2. The molecule has 21 heavy (non-hydrogen) atoms. The number of ether oxygens (including phenoxy) is 3. The van der Waals surface area contributed by atoms with Crippen LogP contribution in [0.1, 0.15) is 27.2 Å². The van der Waals surface area contributed by atoms with E-state index >= 15 is 0 Å². The summed E-state index contributed by atoms with van der Waals surface area (Å²) in [6, 6.07) is -1.12. The molecule has 0 aromatic carbocycles. The summed E-state index contributed by atoms with van der Waals surface area (Å²) < 4.78 is 26.8. The number of rotatable bonds is 4. The number of likely N-dealkylation sites (tertiary alicyclic amines) is 1. The number of carbonyl (C=O) groups is 3. The fraction of sp³-hybridized carbons (Fsp3) is 0.769. The summed E-state index contributed by atoms with van der Waals surface area (Å²) in [6.07, 6.45) is -2.09. The van der Waals surface area contributed by atoms with Crippen LogP contribution in [0.2, 0.25) is 0 Å². The third-order valence-corrected chi connectivity index (χ3v) is 2.72. The third-order valence-electron chi connectivity index (χ3n) is 2.72. The van der Waals surface area contributed by atoms with Crippen molar-refractivity contribution >= 4 is 18.0 Å². The molecule has 0 aromatic heterocycles. The number of esters is 1. The van der Waals surface area contributed by atoms with Gasteiger partial charge in [0.2, 0.25) is 0 Å². The lowest BCUT2D eigenvalue weighted by atomic mass is 10.2. The summed E-state index contributed by atoms with van der Waals surface area (Å²) >= 11 is 0. The van der Waals surface area contributed by atoms with Crippen molar-refractivity contribution in [2.75, 3.05) is 20.4 Å². The van der Waals surface area contributed by atoms with Crippen molar-refractivity contribution in [3.05, 3.63) is 0 Å². The zero-order valence-corrected chi connectivity index (χ0v) is 12.6. The van der Waals surface area contributed by atoms with Gasteiger partial charge in [-0.3, -0.25) is 4.79 Å². The van der Waals surface area contributed by atoms with Crippen molar-refractivity contribution in [2.45, 2.75) is 44.9 Å². The summed E-state index contributed by atoms with van der Waals surface area (Å²) in [5.41, 5.74) is -0.823. The molecule has 0 spiro atoms. The van der Waals surface area contributed by atoms with Gasteiger partial charge in [-0.1, -0.05) is 0 Å². The van der Waals surface area contributed by atoms with Gasteiger partial charge in [0, 0.05) is 6.42 Å². The molecule has 1 aliphatic rings. The van der Waals surface area contributed by atoms with E-state index in [9.17, 15) is 18.8 Å². The first-order valence-corrected chi connectivity index (χ1v) is 6.52. The molecule has 1 heterocycles. The van der Waals surface area contributed by atoms with Crippen molar-refractivity contribution in [3.63, 3.8) is 0 Å².